The van der Waals surface area contributed by atoms with E-state index in [-0.39, 0.29) is 0 Å². The molecule has 0 heterocycles. The van der Waals surface area contributed by atoms with Crippen LogP contribution in [0, 0.1) is 0 Å². The standard InChI is InChI=1S/C18H22N2O3/c1-4-20(2)15-9-6-8-14(12-15)19-18(22)17(21)13-7-5-10-16(11-13)23-3/h5-12,17,21H,4H2,1-3H3,(H,19,22). The second kappa shape index (κ2) is 7.65. The van der Waals surface area contributed by atoms with Crippen molar-refractivity contribution in [2.75, 3.05) is 30.9 Å². The number of methoxy groups -OCH3 is 1. The van der Waals surface area contributed by atoms with Crippen molar-refractivity contribution in [3.8, 4) is 5.75 Å². The van der Waals surface area contributed by atoms with Crippen molar-refractivity contribution in [3.05, 3.63) is 54.1 Å². The maximum Gasteiger partial charge on any atom is 0.257 e. The predicted octanol–water partition coefficient (Wildman–Crippen LogP) is 2.82. The molecule has 0 aliphatic rings. The van der Waals surface area contributed by atoms with E-state index in [1.54, 1.807) is 37.4 Å². The quantitative estimate of drug-likeness (QED) is 0.861. The molecule has 5 nitrogen and oxygen atoms in total. The molecule has 0 saturated carbocycles. The van der Waals surface area contributed by atoms with Crippen molar-refractivity contribution >= 4 is 17.3 Å². The summed E-state index contributed by atoms with van der Waals surface area (Å²) in [4.78, 5) is 14.3. The molecule has 0 aliphatic heterocycles. The van der Waals surface area contributed by atoms with E-state index in [1.807, 2.05) is 25.2 Å². The Kier molecular flexibility index (Phi) is 5.60. The number of nitrogens with zero attached hydrogens (tertiary/aromatic N) is 1. The largest absolute Gasteiger partial charge is 0.497 e. The number of hydrogen-bond acceptors (Lipinski definition) is 4. The Balaban J connectivity index is 2.11. The van der Waals surface area contributed by atoms with Crippen LogP contribution in [0.2, 0.25) is 0 Å². The van der Waals surface area contributed by atoms with Crippen LogP contribution in [-0.2, 0) is 4.79 Å². The molecule has 2 rings (SSSR count). The first kappa shape index (κ1) is 16.8. The van der Waals surface area contributed by atoms with Gasteiger partial charge in [0.2, 0.25) is 0 Å². The topological polar surface area (TPSA) is 61.8 Å². The van der Waals surface area contributed by atoms with Crippen LogP contribution in [0.1, 0.15) is 18.6 Å². The van der Waals surface area contributed by atoms with E-state index in [9.17, 15) is 9.90 Å². The number of carbonyl (C=O) groups is 1. The van der Waals surface area contributed by atoms with E-state index in [1.165, 1.54) is 0 Å². The highest BCUT2D eigenvalue weighted by Crippen LogP contribution is 2.22. The van der Waals surface area contributed by atoms with Crippen molar-refractivity contribution < 1.29 is 14.6 Å². The fourth-order valence-corrected chi connectivity index (χ4v) is 2.18. The first-order valence-electron chi connectivity index (χ1n) is 7.49. The van der Waals surface area contributed by atoms with Crippen LogP contribution >= 0.6 is 0 Å². The van der Waals surface area contributed by atoms with Gasteiger partial charge in [0.1, 0.15) is 5.75 Å². The van der Waals surface area contributed by atoms with Gasteiger partial charge < -0.3 is 20.1 Å². The highest BCUT2D eigenvalue weighted by Gasteiger charge is 2.18. The molecular weight excluding hydrogens is 292 g/mol. The molecule has 2 aromatic carbocycles. The van der Waals surface area contributed by atoms with Crippen molar-refractivity contribution in [1.29, 1.82) is 0 Å². The Morgan fingerprint density at radius 3 is 2.70 bits per heavy atom. The van der Waals surface area contributed by atoms with Crippen molar-refractivity contribution in [3.63, 3.8) is 0 Å². The average molecular weight is 314 g/mol. The van der Waals surface area contributed by atoms with Gasteiger partial charge in [0.15, 0.2) is 6.10 Å². The third-order valence-electron chi connectivity index (χ3n) is 3.69. The summed E-state index contributed by atoms with van der Waals surface area (Å²) in [6, 6.07) is 14.3. The summed E-state index contributed by atoms with van der Waals surface area (Å²) >= 11 is 0. The van der Waals surface area contributed by atoms with Crippen LogP contribution in [0.3, 0.4) is 0 Å². The zero-order chi connectivity index (χ0) is 16.8. The molecule has 0 aromatic heterocycles. The van der Waals surface area contributed by atoms with Gasteiger partial charge in [-0.15, -0.1) is 0 Å². The van der Waals surface area contributed by atoms with E-state index in [0.717, 1.165) is 12.2 Å². The highest BCUT2D eigenvalue weighted by molar-refractivity contribution is 5.95. The minimum Gasteiger partial charge on any atom is -0.497 e. The Bertz CT molecular complexity index is 673. The summed E-state index contributed by atoms with van der Waals surface area (Å²) in [5.41, 5.74) is 2.14. The van der Waals surface area contributed by atoms with E-state index >= 15 is 0 Å². The maximum atomic E-state index is 12.2. The smallest absolute Gasteiger partial charge is 0.257 e. The predicted molar refractivity (Wildman–Crippen MR) is 92.0 cm³/mol. The lowest BCUT2D eigenvalue weighted by Crippen LogP contribution is -2.21. The van der Waals surface area contributed by atoms with Crippen LogP contribution in [0.25, 0.3) is 0 Å². The van der Waals surface area contributed by atoms with Crippen LogP contribution in [0.4, 0.5) is 11.4 Å². The van der Waals surface area contributed by atoms with Gasteiger partial charge in [0, 0.05) is 25.0 Å². The van der Waals surface area contributed by atoms with Crippen molar-refractivity contribution in [2.45, 2.75) is 13.0 Å². The molecular formula is C18H22N2O3. The summed E-state index contributed by atoms with van der Waals surface area (Å²) in [5.74, 6) is 0.121. The van der Waals surface area contributed by atoms with E-state index in [0.29, 0.717) is 17.0 Å². The summed E-state index contributed by atoms with van der Waals surface area (Å²) in [5, 5.41) is 13.0. The van der Waals surface area contributed by atoms with Gasteiger partial charge in [-0.3, -0.25) is 4.79 Å². The molecule has 1 atom stereocenters. The van der Waals surface area contributed by atoms with Crippen LogP contribution in [-0.4, -0.2) is 31.7 Å². The molecule has 1 unspecified atom stereocenters. The molecule has 23 heavy (non-hydrogen) atoms. The monoisotopic (exact) mass is 314 g/mol. The molecule has 2 aromatic rings. The number of carbonyl (C=O) groups excluding carboxylic acids is 1. The molecule has 2 N–H and O–H groups in total. The van der Waals surface area contributed by atoms with Crippen molar-refractivity contribution in [2.24, 2.45) is 0 Å². The molecule has 5 heteroatoms. The van der Waals surface area contributed by atoms with Gasteiger partial charge in [-0.2, -0.15) is 0 Å². The lowest BCUT2D eigenvalue weighted by Gasteiger charge is -2.18. The Hall–Kier alpha value is -2.53. The third kappa shape index (κ3) is 4.23. The van der Waals surface area contributed by atoms with E-state index in [4.69, 9.17) is 4.74 Å². The lowest BCUT2D eigenvalue weighted by atomic mass is 10.1. The first-order chi connectivity index (χ1) is 11.0. The normalized spacial score (nSPS) is 11.7. The Labute approximate surface area is 136 Å². The fourth-order valence-electron chi connectivity index (χ4n) is 2.18. The van der Waals surface area contributed by atoms with Crippen LogP contribution in [0.15, 0.2) is 48.5 Å². The van der Waals surface area contributed by atoms with Gasteiger partial charge in [0.25, 0.3) is 5.91 Å². The molecule has 1 amide bonds. The number of aliphatic hydroxyl groups is 1. The number of hydrogen-bond donors (Lipinski definition) is 2. The second-order valence-corrected chi connectivity index (χ2v) is 5.23. The van der Waals surface area contributed by atoms with Crippen molar-refractivity contribution in [1.82, 2.24) is 0 Å². The minimum absolute atomic E-state index is 0.477. The molecule has 0 fully saturated rings. The number of nitrogens with one attached hydrogen (secondary N) is 1. The molecule has 0 saturated heterocycles. The number of anilines is 2. The fraction of sp³-hybridized carbons (Fsp3) is 0.278. The third-order valence-corrected chi connectivity index (χ3v) is 3.69. The van der Waals surface area contributed by atoms with Gasteiger partial charge >= 0.3 is 0 Å². The summed E-state index contributed by atoms with van der Waals surface area (Å²) in [6.45, 7) is 2.92. The van der Waals surface area contributed by atoms with Gasteiger partial charge in [-0.05, 0) is 42.8 Å². The zero-order valence-corrected chi connectivity index (χ0v) is 13.6. The number of rotatable bonds is 6. The number of amides is 1. The first-order valence-corrected chi connectivity index (χ1v) is 7.49. The molecule has 0 bridgehead atoms. The maximum absolute atomic E-state index is 12.2. The zero-order valence-electron chi connectivity index (χ0n) is 13.6. The number of ether oxygens (including phenoxy) is 1. The molecule has 0 spiro atoms. The highest BCUT2D eigenvalue weighted by atomic mass is 16.5. The summed E-state index contributed by atoms with van der Waals surface area (Å²) < 4.78 is 5.11. The number of benzene rings is 2. The SMILES string of the molecule is CCN(C)c1cccc(NC(=O)C(O)c2cccc(OC)c2)c1. The van der Waals surface area contributed by atoms with E-state index < -0.39 is 12.0 Å². The molecule has 0 aliphatic carbocycles. The van der Waals surface area contributed by atoms with Crippen LogP contribution < -0.4 is 15.0 Å². The lowest BCUT2D eigenvalue weighted by molar-refractivity contribution is -0.124. The van der Waals surface area contributed by atoms with Gasteiger partial charge in [-0.1, -0.05) is 18.2 Å². The van der Waals surface area contributed by atoms with Gasteiger partial charge in [-0.25, -0.2) is 0 Å². The Morgan fingerprint density at radius 1 is 1.26 bits per heavy atom. The Morgan fingerprint density at radius 2 is 2.00 bits per heavy atom. The summed E-state index contributed by atoms with van der Waals surface area (Å²) in [6.07, 6.45) is -1.25. The minimum atomic E-state index is -1.25. The molecule has 122 valence electrons. The number of aliphatic hydroxyl groups excluding tert-OH is 1. The van der Waals surface area contributed by atoms with Gasteiger partial charge in [0.05, 0.1) is 7.11 Å². The second-order valence-electron chi connectivity index (χ2n) is 5.23. The summed E-state index contributed by atoms with van der Waals surface area (Å²) in [7, 11) is 3.52. The van der Waals surface area contributed by atoms with Crippen LogP contribution in [0.5, 0.6) is 5.75 Å². The average Bonchev–Trinajstić information content (AvgIpc) is 2.60. The molecule has 0 radical (unpaired) electrons. The van der Waals surface area contributed by atoms with E-state index in [2.05, 4.69) is 17.1 Å².